The molecule has 0 saturated carbocycles. The molecule has 2 unspecified atom stereocenters. The van der Waals surface area contributed by atoms with Crippen molar-refractivity contribution in [3.05, 3.63) is 21.8 Å². The zero-order chi connectivity index (χ0) is 26.2. The second-order valence-corrected chi connectivity index (χ2v) is 10.2. The Morgan fingerprint density at radius 1 is 0.824 bits per heavy atom. The number of anilines is 1. The highest BCUT2D eigenvalue weighted by atomic mass is 127. The van der Waals surface area contributed by atoms with Crippen LogP contribution in [0.5, 0.6) is 0 Å². The van der Waals surface area contributed by atoms with Crippen LogP contribution in [0.3, 0.4) is 0 Å². The average Bonchev–Trinajstić information content (AvgIpc) is 2.80. The molecule has 1 aromatic carbocycles. The Kier molecular flexibility index (Phi) is 13.6. The number of aliphatic hydroxyl groups is 5. The molecule has 190 valence electrons. The van der Waals surface area contributed by atoms with Gasteiger partial charge in [0.1, 0.15) is 6.61 Å². The van der Waals surface area contributed by atoms with Gasteiger partial charge in [-0.15, -0.1) is 0 Å². The first kappa shape index (κ1) is 31.3. The maximum absolute atomic E-state index is 13.0. The van der Waals surface area contributed by atoms with Crippen molar-refractivity contribution >= 4 is 97.0 Å². The minimum absolute atomic E-state index is 0.0164. The molecular formula is C19H24I3N3O9. The van der Waals surface area contributed by atoms with Gasteiger partial charge in [-0.25, -0.2) is 0 Å². The first-order valence-corrected chi connectivity index (χ1v) is 12.9. The van der Waals surface area contributed by atoms with E-state index in [1.54, 1.807) is 22.6 Å². The molecule has 0 aliphatic heterocycles. The van der Waals surface area contributed by atoms with Crippen molar-refractivity contribution in [2.24, 2.45) is 0 Å². The van der Waals surface area contributed by atoms with Gasteiger partial charge < -0.3 is 41.1 Å². The molecule has 0 fully saturated rings. The molecular weight excluding hydrogens is 795 g/mol. The SMILES string of the molecule is CN(C(=O)CC(=O)CO)c1c(I)c(C(=O)NCC(O)CO)c(I)c(C(=O)NCC(O)CO)c1I. The van der Waals surface area contributed by atoms with Gasteiger partial charge in [-0.05, 0) is 67.8 Å². The van der Waals surface area contributed by atoms with Crippen molar-refractivity contribution in [1.82, 2.24) is 10.6 Å². The van der Waals surface area contributed by atoms with E-state index >= 15 is 0 Å². The van der Waals surface area contributed by atoms with E-state index < -0.39 is 62.0 Å². The van der Waals surface area contributed by atoms with E-state index in [0.717, 1.165) is 4.90 Å². The average molecular weight is 819 g/mol. The topological polar surface area (TPSA) is 197 Å². The summed E-state index contributed by atoms with van der Waals surface area (Å²) in [6, 6.07) is 0. The van der Waals surface area contributed by atoms with Gasteiger partial charge in [-0.1, -0.05) is 0 Å². The van der Waals surface area contributed by atoms with Gasteiger partial charge in [0.15, 0.2) is 5.78 Å². The fourth-order valence-electron chi connectivity index (χ4n) is 2.54. The molecule has 1 aromatic rings. The Morgan fingerprint density at radius 2 is 1.24 bits per heavy atom. The molecule has 15 heteroatoms. The molecule has 0 aliphatic carbocycles. The molecule has 0 heterocycles. The maximum atomic E-state index is 13.0. The van der Waals surface area contributed by atoms with Gasteiger partial charge in [-0.3, -0.25) is 19.2 Å². The lowest BCUT2D eigenvalue weighted by Crippen LogP contribution is -2.38. The Morgan fingerprint density at radius 3 is 1.59 bits per heavy atom. The van der Waals surface area contributed by atoms with Gasteiger partial charge in [0, 0.05) is 23.7 Å². The van der Waals surface area contributed by atoms with E-state index in [9.17, 15) is 29.4 Å². The second-order valence-electron chi connectivity index (χ2n) is 6.96. The third-order valence-corrected chi connectivity index (χ3v) is 7.58. The zero-order valence-electron chi connectivity index (χ0n) is 17.8. The molecule has 0 bridgehead atoms. The number of carbonyl (C=O) groups excluding carboxylic acids is 4. The lowest BCUT2D eigenvalue weighted by molar-refractivity contribution is -0.128. The van der Waals surface area contributed by atoms with Crippen molar-refractivity contribution in [1.29, 1.82) is 0 Å². The number of nitrogens with zero attached hydrogens (tertiary/aromatic N) is 1. The number of rotatable bonds is 12. The quantitative estimate of drug-likeness (QED) is 0.0979. The van der Waals surface area contributed by atoms with E-state index in [0.29, 0.717) is 0 Å². The molecule has 2 atom stereocenters. The van der Waals surface area contributed by atoms with Crippen molar-refractivity contribution in [2.75, 3.05) is 44.9 Å². The van der Waals surface area contributed by atoms with Crippen LogP contribution in [0.1, 0.15) is 27.1 Å². The summed E-state index contributed by atoms with van der Waals surface area (Å²) in [7, 11) is 1.36. The van der Waals surface area contributed by atoms with E-state index in [1.807, 2.05) is 45.2 Å². The van der Waals surface area contributed by atoms with E-state index in [-0.39, 0.29) is 40.6 Å². The standard InChI is InChI=1S/C19H24I3N3O9/c1-25(11(32)2-8(29)5-26)17-15(21)12(18(33)23-3-9(30)6-27)14(20)13(16(17)22)19(34)24-4-10(31)7-28/h9-10,26-28,30-31H,2-7H2,1H3,(H,23,33)(H,24,34). The molecule has 7 N–H and O–H groups in total. The first-order valence-electron chi connectivity index (χ1n) is 9.64. The maximum Gasteiger partial charge on any atom is 0.253 e. The van der Waals surface area contributed by atoms with Crippen molar-refractivity contribution in [3.8, 4) is 0 Å². The third-order valence-electron chi connectivity index (χ3n) is 4.40. The predicted molar refractivity (Wildman–Crippen MR) is 146 cm³/mol. The molecule has 0 aliphatic rings. The number of Topliss-reactive ketones (excluding diaryl/α,β-unsaturated/α-hetero) is 1. The number of carbonyl (C=O) groups is 4. The Labute approximate surface area is 235 Å². The van der Waals surface area contributed by atoms with Crippen LogP contribution in [-0.2, 0) is 9.59 Å². The van der Waals surface area contributed by atoms with Crippen LogP contribution < -0.4 is 15.5 Å². The third kappa shape index (κ3) is 8.17. The van der Waals surface area contributed by atoms with Crippen LogP contribution in [0.4, 0.5) is 5.69 Å². The minimum Gasteiger partial charge on any atom is -0.394 e. The number of amides is 3. The van der Waals surface area contributed by atoms with E-state index in [1.165, 1.54) is 7.05 Å². The fraction of sp³-hybridized carbons (Fsp3) is 0.474. The van der Waals surface area contributed by atoms with Crippen molar-refractivity contribution in [2.45, 2.75) is 18.6 Å². The zero-order valence-corrected chi connectivity index (χ0v) is 24.3. The summed E-state index contributed by atoms with van der Waals surface area (Å²) < 4.78 is 0.776. The smallest absolute Gasteiger partial charge is 0.253 e. The monoisotopic (exact) mass is 819 g/mol. The molecule has 3 amide bonds. The van der Waals surface area contributed by atoms with Crippen LogP contribution >= 0.6 is 67.8 Å². The highest BCUT2D eigenvalue weighted by Crippen LogP contribution is 2.37. The lowest BCUT2D eigenvalue weighted by atomic mass is 10.1. The Hall–Kier alpha value is -0.710. The van der Waals surface area contributed by atoms with Crippen LogP contribution in [0.25, 0.3) is 0 Å². The summed E-state index contributed by atoms with van der Waals surface area (Å²) in [4.78, 5) is 51.2. The number of aliphatic hydroxyl groups excluding tert-OH is 5. The summed E-state index contributed by atoms with van der Waals surface area (Å²) in [5.41, 5.74) is 0.198. The number of ketones is 1. The van der Waals surface area contributed by atoms with Crippen LogP contribution in [0, 0.1) is 10.7 Å². The molecule has 0 radical (unpaired) electrons. The van der Waals surface area contributed by atoms with E-state index in [4.69, 9.17) is 15.3 Å². The molecule has 12 nitrogen and oxygen atoms in total. The highest BCUT2D eigenvalue weighted by molar-refractivity contribution is 14.1. The Balaban J connectivity index is 3.62. The molecule has 0 spiro atoms. The molecule has 34 heavy (non-hydrogen) atoms. The molecule has 1 rings (SSSR count). The summed E-state index contributed by atoms with van der Waals surface area (Å²) in [6.45, 7) is -2.52. The molecule has 0 aromatic heterocycles. The number of halogens is 3. The summed E-state index contributed by atoms with van der Waals surface area (Å²) in [5.74, 6) is -2.76. The minimum atomic E-state index is -1.21. The number of benzene rings is 1. The fourth-order valence-corrected chi connectivity index (χ4v) is 7.41. The number of nitrogens with one attached hydrogen (secondary N) is 2. The van der Waals surface area contributed by atoms with Crippen molar-refractivity contribution < 1.29 is 44.7 Å². The van der Waals surface area contributed by atoms with Gasteiger partial charge in [0.25, 0.3) is 11.8 Å². The number of hydrogen-bond donors (Lipinski definition) is 7. The second kappa shape index (κ2) is 14.8. The summed E-state index contributed by atoms with van der Waals surface area (Å²) in [5, 5.41) is 51.0. The van der Waals surface area contributed by atoms with E-state index in [2.05, 4.69) is 10.6 Å². The van der Waals surface area contributed by atoms with Gasteiger partial charge in [0.05, 0.1) is 55.8 Å². The summed E-state index contributed by atoms with van der Waals surface area (Å²) >= 11 is 5.45. The normalized spacial score (nSPS) is 12.6. The Bertz CT molecular complexity index is 892. The highest BCUT2D eigenvalue weighted by Gasteiger charge is 2.31. The van der Waals surface area contributed by atoms with Crippen LogP contribution in [0.15, 0.2) is 0 Å². The first-order chi connectivity index (χ1) is 15.9. The largest absolute Gasteiger partial charge is 0.394 e. The summed E-state index contributed by atoms with van der Waals surface area (Å²) in [6.07, 6.45) is -3.02. The van der Waals surface area contributed by atoms with Gasteiger partial charge in [0.2, 0.25) is 5.91 Å². The lowest BCUT2D eigenvalue weighted by Gasteiger charge is -2.25. The number of hydrogen-bond acceptors (Lipinski definition) is 9. The van der Waals surface area contributed by atoms with Gasteiger partial charge in [-0.2, -0.15) is 0 Å². The van der Waals surface area contributed by atoms with Crippen LogP contribution in [0.2, 0.25) is 0 Å². The predicted octanol–water partition coefficient (Wildman–Crippen LogP) is -1.42. The van der Waals surface area contributed by atoms with Gasteiger partial charge >= 0.3 is 0 Å². The van der Waals surface area contributed by atoms with Crippen LogP contribution in [-0.4, -0.2) is 101 Å². The van der Waals surface area contributed by atoms with Crippen molar-refractivity contribution in [3.63, 3.8) is 0 Å². The molecule has 0 saturated heterocycles.